The SMILES string of the molecule is [CH2-][n+]1c2c(-c3n(CC)cc[n+]3CC)c3ccc4c(-c5n(CC)cc[n+]5CC)c5ccc6c(-c7n(CC)cc[n+]7CC)c7ccc(c(-c8n(CC)cc[n+]8CC)c1C=C2)n7[c-](n34)[n+]56. The van der Waals surface area contributed by atoms with Crippen LogP contribution in [0.5, 0.6) is 0 Å². The molecular formula is C50H58N12+4. The first-order chi connectivity index (χ1) is 30.4. The van der Waals surface area contributed by atoms with Crippen molar-refractivity contribution in [1.82, 2.24) is 27.1 Å². The fourth-order valence-electron chi connectivity index (χ4n) is 10.8. The minimum atomic E-state index is 0.834. The van der Waals surface area contributed by atoms with Crippen molar-refractivity contribution in [3.05, 3.63) is 104 Å². The van der Waals surface area contributed by atoms with Crippen molar-refractivity contribution >= 4 is 51.0 Å². The van der Waals surface area contributed by atoms with Crippen LogP contribution in [0.25, 0.3) is 96.6 Å². The molecule has 0 aromatic carbocycles. The van der Waals surface area contributed by atoms with Crippen molar-refractivity contribution < 1.29 is 27.2 Å². The van der Waals surface area contributed by atoms with Crippen molar-refractivity contribution in [3.8, 4) is 45.6 Å². The van der Waals surface area contributed by atoms with Crippen molar-refractivity contribution in [2.45, 2.75) is 108 Å². The van der Waals surface area contributed by atoms with E-state index >= 15 is 0 Å². The van der Waals surface area contributed by atoms with E-state index in [-0.39, 0.29) is 0 Å². The Morgan fingerprint density at radius 3 is 1.05 bits per heavy atom. The van der Waals surface area contributed by atoms with E-state index in [0.717, 1.165) is 114 Å². The maximum absolute atomic E-state index is 4.96. The average molecular weight is 827 g/mol. The standard InChI is InChI=1S/C50H58N12/c1-10-52-26-27-53(11-2)46(52)42-34-18-19-35(51(34)9)43(47-54(12-3)28-29-55(47)13-4)37-21-23-39-45(49-58(16-7)32-33-59(49)17-8)41-25-24-40-44(48-56(14-5)30-31-57(48)15-6)38-22-20-36(42)60(38)50(61(37)39)62(40)41/h18-33H,9-17H2,1-8H3/q+4. The molecule has 0 saturated carbocycles. The van der Waals surface area contributed by atoms with Crippen molar-refractivity contribution in [1.29, 1.82) is 0 Å². The van der Waals surface area contributed by atoms with Gasteiger partial charge in [-0.05, 0) is 91.8 Å². The Morgan fingerprint density at radius 2 is 0.742 bits per heavy atom. The minimum absolute atomic E-state index is 0.834. The first-order valence-corrected chi connectivity index (χ1v) is 22.8. The predicted molar refractivity (Wildman–Crippen MR) is 242 cm³/mol. The molecule has 0 saturated heterocycles. The van der Waals surface area contributed by atoms with Crippen LogP contribution in [0.15, 0.2) is 86.0 Å². The molecule has 11 rings (SSSR count). The highest BCUT2D eigenvalue weighted by molar-refractivity contribution is 6.01. The van der Waals surface area contributed by atoms with Gasteiger partial charge in [0.2, 0.25) is 0 Å². The van der Waals surface area contributed by atoms with Gasteiger partial charge in [0.15, 0.2) is 0 Å². The minimum Gasteiger partial charge on any atom is -0.326 e. The van der Waals surface area contributed by atoms with Crippen molar-refractivity contribution in [3.63, 3.8) is 0 Å². The van der Waals surface area contributed by atoms with Gasteiger partial charge in [-0.3, -0.25) is 13.2 Å². The lowest BCUT2D eigenvalue weighted by molar-refractivity contribution is -0.683. The Balaban J connectivity index is 1.52. The molecule has 10 aromatic rings. The van der Waals surface area contributed by atoms with E-state index < -0.39 is 0 Å². The lowest BCUT2D eigenvalue weighted by Gasteiger charge is -2.18. The Morgan fingerprint density at radius 1 is 0.435 bits per heavy atom. The lowest BCUT2D eigenvalue weighted by atomic mass is 10.1. The maximum atomic E-state index is 4.96. The van der Waals surface area contributed by atoms with Crippen LogP contribution in [-0.4, -0.2) is 27.1 Å². The molecular weight excluding hydrogens is 769 g/mol. The lowest BCUT2D eigenvalue weighted by Crippen LogP contribution is -2.38. The summed E-state index contributed by atoms with van der Waals surface area (Å²) >= 11 is 0. The molecule has 10 aromatic heterocycles. The number of hydrogen-bond donors (Lipinski definition) is 0. The summed E-state index contributed by atoms with van der Waals surface area (Å²) in [5.41, 5.74) is 13.8. The van der Waals surface area contributed by atoms with Gasteiger partial charge < -0.3 is 4.57 Å². The van der Waals surface area contributed by atoms with Gasteiger partial charge >= 0.3 is 5.78 Å². The summed E-state index contributed by atoms with van der Waals surface area (Å²) in [6.45, 7) is 24.7. The zero-order chi connectivity index (χ0) is 42.7. The summed E-state index contributed by atoms with van der Waals surface area (Å²) in [5.74, 6) is 5.83. The number of nitrogens with zero attached hydrogens (tertiary/aromatic N) is 12. The molecule has 1 aliphatic heterocycles. The van der Waals surface area contributed by atoms with Gasteiger partial charge in [0.05, 0.1) is 108 Å². The quantitative estimate of drug-likeness (QED) is 0.0993. The molecule has 0 fully saturated rings. The fraction of sp³-hybridized carbons (Fsp3) is 0.320. The summed E-state index contributed by atoms with van der Waals surface area (Å²) in [5, 5.41) is 0. The van der Waals surface area contributed by atoms with Crippen molar-refractivity contribution in [2.75, 3.05) is 0 Å². The Kier molecular flexibility index (Phi) is 8.68. The van der Waals surface area contributed by atoms with Gasteiger partial charge in [-0.1, -0.05) is 12.2 Å². The molecule has 1 aliphatic rings. The molecule has 62 heavy (non-hydrogen) atoms. The number of imidazole rings is 4. The Bertz CT molecular complexity index is 3160. The smallest absolute Gasteiger partial charge is 0.314 e. The normalized spacial score (nSPS) is 12.7. The molecule has 0 radical (unpaired) electrons. The van der Waals surface area contributed by atoms with Gasteiger partial charge in [-0.2, -0.15) is 0 Å². The molecule has 314 valence electrons. The number of aryl methyl sites for hydroxylation is 8. The molecule has 0 atom stereocenters. The van der Waals surface area contributed by atoms with Gasteiger partial charge in [0.25, 0.3) is 23.3 Å². The average Bonchev–Trinajstić information content (AvgIpc) is 4.16. The Labute approximate surface area is 361 Å². The van der Waals surface area contributed by atoms with E-state index in [1.54, 1.807) is 0 Å². The third-order valence-corrected chi connectivity index (χ3v) is 13.8. The molecule has 0 amide bonds. The molecule has 0 aliphatic carbocycles. The zero-order valence-corrected chi connectivity index (χ0v) is 37.5. The third-order valence-electron chi connectivity index (χ3n) is 13.8. The predicted octanol–water partition coefficient (Wildman–Crippen LogP) is 6.55. The monoisotopic (exact) mass is 826 g/mol. The van der Waals surface area contributed by atoms with E-state index in [9.17, 15) is 0 Å². The van der Waals surface area contributed by atoms with E-state index in [4.69, 9.17) is 7.05 Å². The molecule has 12 heteroatoms. The molecule has 2 bridgehead atoms. The number of fused-ring (bicyclic) bond motifs is 2. The Hall–Kier alpha value is -6.82. The van der Waals surface area contributed by atoms with Gasteiger partial charge in [0, 0.05) is 7.05 Å². The van der Waals surface area contributed by atoms with Gasteiger partial charge in [-0.25, -0.2) is 36.5 Å². The second-order valence-corrected chi connectivity index (χ2v) is 16.4. The van der Waals surface area contributed by atoms with Crippen molar-refractivity contribution in [2.24, 2.45) is 0 Å². The van der Waals surface area contributed by atoms with E-state index in [0.29, 0.717) is 0 Å². The molecule has 0 unspecified atom stereocenters. The van der Waals surface area contributed by atoms with Crippen LogP contribution in [0.1, 0.15) is 66.8 Å². The summed E-state index contributed by atoms with van der Waals surface area (Å²) in [7, 11) is 4.96. The van der Waals surface area contributed by atoms with Crippen LogP contribution < -0.4 is 27.2 Å². The number of rotatable bonds is 12. The van der Waals surface area contributed by atoms with Crippen LogP contribution in [-0.2, 0) is 52.4 Å². The third kappa shape index (κ3) is 4.83. The molecule has 0 spiro atoms. The van der Waals surface area contributed by atoms with Crippen LogP contribution >= 0.6 is 0 Å². The first-order valence-electron chi connectivity index (χ1n) is 22.8. The highest BCUT2D eigenvalue weighted by Crippen LogP contribution is 2.41. The second-order valence-electron chi connectivity index (χ2n) is 16.4. The van der Waals surface area contributed by atoms with E-state index in [1.165, 1.54) is 33.8 Å². The first kappa shape index (κ1) is 38.1. The highest BCUT2D eigenvalue weighted by Gasteiger charge is 2.36. The summed E-state index contributed by atoms with van der Waals surface area (Å²) in [4.78, 5) is 0. The molecule has 11 heterocycles. The topological polar surface area (TPSA) is 52.0 Å². The van der Waals surface area contributed by atoms with Gasteiger partial charge in [-0.15, -0.1) is 0 Å². The van der Waals surface area contributed by atoms with Gasteiger partial charge in [0.1, 0.15) is 61.0 Å². The van der Waals surface area contributed by atoms with Crippen LogP contribution in [0.2, 0.25) is 0 Å². The molecule has 12 nitrogen and oxygen atoms in total. The van der Waals surface area contributed by atoms with Crippen LogP contribution in [0.3, 0.4) is 0 Å². The fourth-order valence-corrected chi connectivity index (χ4v) is 10.8. The summed E-state index contributed by atoms with van der Waals surface area (Å²) < 4.78 is 29.2. The van der Waals surface area contributed by atoms with E-state index in [2.05, 4.69) is 208 Å². The zero-order valence-electron chi connectivity index (χ0n) is 37.5. The summed E-state index contributed by atoms with van der Waals surface area (Å²) in [6, 6.07) is 14.2. The largest absolute Gasteiger partial charge is 0.326 e. The maximum Gasteiger partial charge on any atom is 0.314 e. The number of hydrogen-bond acceptors (Lipinski definition) is 0. The molecule has 0 N–H and O–H groups in total. The second kappa shape index (κ2) is 14.1. The highest BCUT2D eigenvalue weighted by atomic mass is 15.2. The number of aromatic nitrogens is 12. The van der Waals surface area contributed by atoms with Crippen LogP contribution in [0, 0.1) is 7.05 Å². The van der Waals surface area contributed by atoms with E-state index in [1.807, 2.05) is 0 Å². The summed E-state index contributed by atoms with van der Waals surface area (Å²) in [6.07, 6.45) is 22.5. The van der Waals surface area contributed by atoms with Crippen LogP contribution in [0.4, 0.5) is 0 Å².